The van der Waals surface area contributed by atoms with E-state index in [-0.39, 0.29) is 17.0 Å². The van der Waals surface area contributed by atoms with Crippen molar-refractivity contribution in [3.63, 3.8) is 0 Å². The molecule has 1 heterocycles. The Balaban J connectivity index is 1.87. The highest BCUT2D eigenvalue weighted by molar-refractivity contribution is 7.18. The lowest BCUT2D eigenvalue weighted by Gasteiger charge is -2.13. The number of aromatic nitrogens is 1. The number of thiazole rings is 1. The second kappa shape index (κ2) is 4.34. The number of nitro groups is 1. The summed E-state index contributed by atoms with van der Waals surface area (Å²) in [6, 6.07) is 0. The minimum Gasteiger partial charge on any atom is -0.396 e. The molecular weight excluding hydrogens is 230 g/mol. The second-order valence-electron chi connectivity index (χ2n) is 4.09. The minimum absolute atomic E-state index is 0.0505. The van der Waals surface area contributed by atoms with Gasteiger partial charge in [0.05, 0.1) is 4.92 Å². The predicted molar refractivity (Wildman–Crippen MR) is 60.6 cm³/mol. The minimum atomic E-state index is -0.441. The largest absolute Gasteiger partial charge is 0.396 e. The zero-order valence-electron chi connectivity index (χ0n) is 8.68. The van der Waals surface area contributed by atoms with Crippen LogP contribution in [-0.2, 0) is 0 Å². The third-order valence-electron chi connectivity index (χ3n) is 2.89. The Kier molecular flexibility index (Phi) is 3.06. The molecule has 0 radical (unpaired) electrons. The van der Waals surface area contributed by atoms with E-state index >= 15 is 0 Å². The second-order valence-corrected chi connectivity index (χ2v) is 5.10. The van der Waals surface area contributed by atoms with Crippen LogP contribution < -0.4 is 5.32 Å². The van der Waals surface area contributed by atoms with E-state index in [2.05, 4.69) is 10.3 Å². The van der Waals surface area contributed by atoms with Crippen molar-refractivity contribution in [2.45, 2.75) is 19.3 Å². The standard InChI is InChI=1S/C9H13N3O3S/c13-4-3-9(1-2-9)6-11-8-10-5-7(16-8)12(14)15/h5,13H,1-4,6H2,(H,10,11). The van der Waals surface area contributed by atoms with Gasteiger partial charge in [-0.15, -0.1) is 0 Å². The van der Waals surface area contributed by atoms with E-state index in [4.69, 9.17) is 5.11 Å². The fourth-order valence-corrected chi connectivity index (χ4v) is 2.25. The summed E-state index contributed by atoms with van der Waals surface area (Å²) < 4.78 is 0. The summed E-state index contributed by atoms with van der Waals surface area (Å²) in [7, 11) is 0. The predicted octanol–water partition coefficient (Wildman–Crippen LogP) is 1.63. The molecule has 6 nitrogen and oxygen atoms in total. The SMILES string of the molecule is O=[N+]([O-])c1cnc(NCC2(CCO)CC2)s1. The Hall–Kier alpha value is -1.21. The van der Waals surface area contributed by atoms with Gasteiger partial charge in [0.2, 0.25) is 0 Å². The molecule has 2 N–H and O–H groups in total. The summed E-state index contributed by atoms with van der Waals surface area (Å²) in [5.41, 5.74) is 0.190. The lowest BCUT2D eigenvalue weighted by Crippen LogP contribution is -2.16. The number of aliphatic hydroxyl groups is 1. The molecule has 1 aliphatic rings. The first-order valence-electron chi connectivity index (χ1n) is 5.10. The fourth-order valence-electron chi connectivity index (χ4n) is 1.62. The lowest BCUT2D eigenvalue weighted by molar-refractivity contribution is -0.380. The van der Waals surface area contributed by atoms with Crippen LogP contribution in [0.25, 0.3) is 0 Å². The van der Waals surface area contributed by atoms with Crippen LogP contribution in [0, 0.1) is 15.5 Å². The van der Waals surface area contributed by atoms with Crippen LogP contribution in [-0.4, -0.2) is 28.2 Å². The van der Waals surface area contributed by atoms with Gasteiger partial charge < -0.3 is 10.4 Å². The molecular formula is C9H13N3O3S. The van der Waals surface area contributed by atoms with Gasteiger partial charge in [0.25, 0.3) is 0 Å². The number of nitrogens with one attached hydrogen (secondary N) is 1. The fraction of sp³-hybridized carbons (Fsp3) is 0.667. The van der Waals surface area contributed by atoms with Crippen molar-refractivity contribution < 1.29 is 10.0 Å². The smallest absolute Gasteiger partial charge is 0.345 e. The van der Waals surface area contributed by atoms with E-state index in [0.29, 0.717) is 5.13 Å². The van der Waals surface area contributed by atoms with E-state index in [0.717, 1.165) is 37.1 Å². The molecule has 0 aliphatic heterocycles. The van der Waals surface area contributed by atoms with Crippen LogP contribution in [0.3, 0.4) is 0 Å². The van der Waals surface area contributed by atoms with Crippen LogP contribution >= 0.6 is 11.3 Å². The number of nitrogens with zero attached hydrogens (tertiary/aromatic N) is 2. The van der Waals surface area contributed by atoms with E-state index in [1.807, 2.05) is 0 Å². The van der Waals surface area contributed by atoms with E-state index in [1.165, 1.54) is 6.20 Å². The molecule has 88 valence electrons. The zero-order chi connectivity index (χ0) is 11.6. The van der Waals surface area contributed by atoms with Gasteiger partial charge in [0, 0.05) is 13.2 Å². The molecule has 0 bridgehead atoms. The van der Waals surface area contributed by atoms with E-state index in [9.17, 15) is 10.1 Å². The molecule has 0 unspecified atom stereocenters. The maximum Gasteiger partial charge on any atom is 0.345 e. The number of anilines is 1. The maximum absolute atomic E-state index is 10.4. The molecule has 1 aromatic heterocycles. The average Bonchev–Trinajstić information content (AvgIpc) is 2.84. The Bertz CT molecular complexity index is 389. The van der Waals surface area contributed by atoms with Crippen LogP contribution in [0.15, 0.2) is 6.20 Å². The average molecular weight is 243 g/mol. The number of rotatable bonds is 6. The Morgan fingerprint density at radius 3 is 2.94 bits per heavy atom. The molecule has 16 heavy (non-hydrogen) atoms. The summed E-state index contributed by atoms with van der Waals surface area (Å²) in [5, 5.41) is 23.1. The molecule has 1 aromatic rings. The number of aliphatic hydroxyl groups excluding tert-OH is 1. The van der Waals surface area contributed by atoms with Crippen molar-refractivity contribution in [3.8, 4) is 0 Å². The summed E-state index contributed by atoms with van der Waals surface area (Å²) in [6.45, 7) is 0.928. The number of hydrogen-bond donors (Lipinski definition) is 2. The molecule has 0 amide bonds. The third-order valence-corrected chi connectivity index (χ3v) is 3.79. The van der Waals surface area contributed by atoms with Crippen LogP contribution in [0.4, 0.5) is 10.1 Å². The van der Waals surface area contributed by atoms with E-state index in [1.54, 1.807) is 0 Å². The molecule has 0 spiro atoms. The normalized spacial score (nSPS) is 17.1. The Morgan fingerprint density at radius 1 is 1.69 bits per heavy atom. The highest BCUT2D eigenvalue weighted by Gasteiger charge is 2.41. The zero-order valence-corrected chi connectivity index (χ0v) is 9.50. The van der Waals surface area contributed by atoms with Crippen LogP contribution in [0.2, 0.25) is 0 Å². The molecule has 1 fully saturated rings. The molecule has 0 atom stereocenters. The van der Waals surface area contributed by atoms with Gasteiger partial charge in [-0.3, -0.25) is 10.1 Å². The highest BCUT2D eigenvalue weighted by Crippen LogP contribution is 2.48. The van der Waals surface area contributed by atoms with Gasteiger partial charge >= 0.3 is 5.00 Å². The summed E-state index contributed by atoms with van der Waals surface area (Å²) in [5.74, 6) is 0. The Labute approximate surface area is 96.5 Å². The molecule has 1 aliphatic carbocycles. The topological polar surface area (TPSA) is 88.3 Å². The monoisotopic (exact) mass is 243 g/mol. The van der Waals surface area contributed by atoms with Crippen molar-refractivity contribution in [2.75, 3.05) is 18.5 Å². The summed E-state index contributed by atoms with van der Waals surface area (Å²) in [6.07, 6.45) is 4.26. The first-order valence-corrected chi connectivity index (χ1v) is 5.92. The van der Waals surface area contributed by atoms with Gasteiger partial charge in [-0.05, 0) is 36.0 Å². The third kappa shape index (κ3) is 2.48. The van der Waals surface area contributed by atoms with Gasteiger partial charge in [-0.1, -0.05) is 0 Å². The van der Waals surface area contributed by atoms with Gasteiger partial charge in [-0.25, -0.2) is 4.98 Å². The van der Waals surface area contributed by atoms with Crippen molar-refractivity contribution in [1.82, 2.24) is 4.98 Å². The quantitative estimate of drug-likeness (QED) is 0.585. The molecule has 0 aromatic carbocycles. The van der Waals surface area contributed by atoms with Crippen LogP contribution in [0.5, 0.6) is 0 Å². The van der Waals surface area contributed by atoms with Crippen molar-refractivity contribution in [2.24, 2.45) is 5.41 Å². The molecule has 2 rings (SSSR count). The van der Waals surface area contributed by atoms with Crippen molar-refractivity contribution >= 4 is 21.5 Å². The first-order chi connectivity index (χ1) is 7.65. The van der Waals surface area contributed by atoms with E-state index < -0.39 is 4.92 Å². The van der Waals surface area contributed by atoms with Gasteiger partial charge in [0.15, 0.2) is 5.13 Å². The van der Waals surface area contributed by atoms with Gasteiger partial charge in [-0.2, -0.15) is 0 Å². The van der Waals surface area contributed by atoms with Crippen molar-refractivity contribution in [1.29, 1.82) is 0 Å². The summed E-state index contributed by atoms with van der Waals surface area (Å²) >= 11 is 1.04. The molecule has 7 heteroatoms. The maximum atomic E-state index is 10.4. The van der Waals surface area contributed by atoms with Crippen molar-refractivity contribution in [3.05, 3.63) is 16.3 Å². The summed E-state index contributed by atoms with van der Waals surface area (Å²) in [4.78, 5) is 13.9. The first kappa shape index (κ1) is 11.3. The number of hydrogen-bond acceptors (Lipinski definition) is 6. The highest BCUT2D eigenvalue weighted by atomic mass is 32.1. The Morgan fingerprint density at radius 2 is 2.44 bits per heavy atom. The molecule has 1 saturated carbocycles. The van der Waals surface area contributed by atoms with Crippen LogP contribution in [0.1, 0.15) is 19.3 Å². The lowest BCUT2D eigenvalue weighted by atomic mass is 10.0. The van der Waals surface area contributed by atoms with Gasteiger partial charge in [0.1, 0.15) is 6.20 Å². The molecule has 0 saturated heterocycles.